The van der Waals surface area contributed by atoms with E-state index in [1.807, 2.05) is 12.2 Å². The first kappa shape index (κ1) is 8.02. The van der Waals surface area contributed by atoms with Gasteiger partial charge in [0.25, 0.3) is 0 Å². The van der Waals surface area contributed by atoms with E-state index in [0.717, 1.165) is 5.57 Å². The molecule has 1 fully saturated rings. The highest BCUT2D eigenvalue weighted by atomic mass is 16.5. The highest BCUT2D eigenvalue weighted by Crippen LogP contribution is 2.42. The van der Waals surface area contributed by atoms with Crippen LogP contribution in [0.25, 0.3) is 0 Å². The van der Waals surface area contributed by atoms with Gasteiger partial charge in [-0.2, -0.15) is 0 Å². The highest BCUT2D eigenvalue weighted by Gasteiger charge is 2.46. The van der Waals surface area contributed by atoms with Crippen molar-refractivity contribution >= 4 is 0 Å². The predicted octanol–water partition coefficient (Wildman–Crippen LogP) is 1.27. The number of aliphatic hydroxyl groups is 1. The molecule has 2 aliphatic rings. The Labute approximate surface area is 72.5 Å². The van der Waals surface area contributed by atoms with Gasteiger partial charge in [0.05, 0.1) is 17.8 Å². The Kier molecular flexibility index (Phi) is 1.48. The lowest BCUT2D eigenvalue weighted by Crippen LogP contribution is -2.37. The first-order valence-corrected chi connectivity index (χ1v) is 4.25. The molecule has 0 aromatic carbocycles. The molecular formula is C10H14O2. The molecule has 0 aromatic rings. The van der Waals surface area contributed by atoms with E-state index < -0.39 is 5.60 Å². The molecule has 2 heteroatoms. The topological polar surface area (TPSA) is 29.5 Å². The second-order valence-corrected chi connectivity index (χ2v) is 4.11. The number of ether oxygens (including phenoxy) is 1. The summed E-state index contributed by atoms with van der Waals surface area (Å²) in [7, 11) is 0. The van der Waals surface area contributed by atoms with Gasteiger partial charge in [0, 0.05) is 5.92 Å². The molecule has 0 amide bonds. The van der Waals surface area contributed by atoms with Crippen LogP contribution in [0.3, 0.4) is 0 Å². The van der Waals surface area contributed by atoms with Crippen molar-refractivity contribution in [2.45, 2.75) is 31.7 Å². The van der Waals surface area contributed by atoms with Crippen molar-refractivity contribution in [1.82, 2.24) is 0 Å². The van der Waals surface area contributed by atoms with Gasteiger partial charge in [0.1, 0.15) is 0 Å². The monoisotopic (exact) mass is 166 g/mol. The lowest BCUT2D eigenvalue weighted by atomic mass is 9.79. The normalized spacial score (nSPS) is 39.6. The first-order valence-electron chi connectivity index (χ1n) is 4.25. The maximum Gasteiger partial charge on any atom is 0.0978 e. The van der Waals surface area contributed by atoms with Crippen LogP contribution in [-0.2, 0) is 4.74 Å². The number of hydrogen-bond donors (Lipinski definition) is 1. The number of rotatable bonds is 1. The summed E-state index contributed by atoms with van der Waals surface area (Å²) >= 11 is 0. The maximum atomic E-state index is 9.84. The maximum absolute atomic E-state index is 9.84. The molecule has 0 spiro atoms. The third-order valence-corrected chi connectivity index (χ3v) is 2.63. The van der Waals surface area contributed by atoms with Gasteiger partial charge >= 0.3 is 0 Å². The average molecular weight is 166 g/mol. The molecule has 66 valence electrons. The molecule has 12 heavy (non-hydrogen) atoms. The van der Waals surface area contributed by atoms with Crippen LogP contribution < -0.4 is 0 Å². The van der Waals surface area contributed by atoms with Crippen molar-refractivity contribution in [3.05, 3.63) is 24.3 Å². The summed E-state index contributed by atoms with van der Waals surface area (Å²) in [5, 5.41) is 9.84. The third-order valence-electron chi connectivity index (χ3n) is 2.63. The van der Waals surface area contributed by atoms with Crippen LogP contribution in [0.1, 0.15) is 13.8 Å². The number of fused-ring (bicyclic) bond motifs is 2. The van der Waals surface area contributed by atoms with Crippen molar-refractivity contribution in [3.63, 3.8) is 0 Å². The van der Waals surface area contributed by atoms with Crippen LogP contribution in [0.15, 0.2) is 24.3 Å². The van der Waals surface area contributed by atoms with E-state index in [9.17, 15) is 5.11 Å². The van der Waals surface area contributed by atoms with Crippen LogP contribution >= 0.6 is 0 Å². The zero-order valence-electron chi connectivity index (χ0n) is 7.45. The summed E-state index contributed by atoms with van der Waals surface area (Å²) in [6.45, 7) is 7.56. The SMILES string of the molecule is C=C1[C@@H]2C=C[C@@H](O2)[C@@H]1C(C)(C)O. The summed E-state index contributed by atoms with van der Waals surface area (Å²) < 4.78 is 5.55. The van der Waals surface area contributed by atoms with Crippen LogP contribution in [0.5, 0.6) is 0 Å². The van der Waals surface area contributed by atoms with Gasteiger partial charge < -0.3 is 9.84 Å². The van der Waals surface area contributed by atoms with E-state index in [-0.39, 0.29) is 18.1 Å². The fourth-order valence-corrected chi connectivity index (χ4v) is 2.11. The minimum absolute atomic E-state index is 0.0440. The Morgan fingerprint density at radius 1 is 1.50 bits per heavy atom. The minimum atomic E-state index is -0.721. The Morgan fingerprint density at radius 3 is 2.50 bits per heavy atom. The van der Waals surface area contributed by atoms with Crippen molar-refractivity contribution < 1.29 is 9.84 Å². The lowest BCUT2D eigenvalue weighted by molar-refractivity contribution is -0.000831. The summed E-state index contributed by atoms with van der Waals surface area (Å²) in [4.78, 5) is 0. The zero-order valence-corrected chi connectivity index (χ0v) is 7.45. The second kappa shape index (κ2) is 2.21. The number of hydrogen-bond acceptors (Lipinski definition) is 2. The van der Waals surface area contributed by atoms with Gasteiger partial charge in [-0.15, -0.1) is 0 Å². The predicted molar refractivity (Wildman–Crippen MR) is 46.7 cm³/mol. The molecule has 0 radical (unpaired) electrons. The molecule has 0 aliphatic carbocycles. The fraction of sp³-hybridized carbons (Fsp3) is 0.600. The lowest BCUT2D eigenvalue weighted by Gasteiger charge is -2.29. The van der Waals surface area contributed by atoms with E-state index in [0.29, 0.717) is 0 Å². The Hall–Kier alpha value is -0.600. The molecule has 2 nitrogen and oxygen atoms in total. The van der Waals surface area contributed by atoms with Crippen LogP contribution in [0.2, 0.25) is 0 Å². The largest absolute Gasteiger partial charge is 0.390 e. The summed E-state index contributed by atoms with van der Waals surface area (Å²) in [5.41, 5.74) is 0.288. The molecule has 2 rings (SSSR count). The zero-order chi connectivity index (χ0) is 8.93. The summed E-state index contributed by atoms with van der Waals surface area (Å²) in [6.07, 6.45) is 4.12. The molecule has 0 saturated carbocycles. The Balaban J connectivity index is 2.30. The second-order valence-electron chi connectivity index (χ2n) is 4.11. The van der Waals surface area contributed by atoms with Gasteiger partial charge in [-0.25, -0.2) is 0 Å². The molecule has 0 unspecified atom stereocenters. The van der Waals surface area contributed by atoms with E-state index in [1.165, 1.54) is 0 Å². The molecule has 0 aromatic heterocycles. The van der Waals surface area contributed by atoms with E-state index in [2.05, 4.69) is 6.58 Å². The van der Waals surface area contributed by atoms with Crippen LogP contribution in [-0.4, -0.2) is 22.9 Å². The molecule has 2 aliphatic heterocycles. The van der Waals surface area contributed by atoms with Crippen molar-refractivity contribution in [2.75, 3.05) is 0 Å². The van der Waals surface area contributed by atoms with E-state index in [1.54, 1.807) is 13.8 Å². The van der Waals surface area contributed by atoms with Crippen LogP contribution in [0, 0.1) is 5.92 Å². The standard InChI is InChI=1S/C10H14O2/c1-6-7-4-5-8(12-7)9(6)10(2,3)11/h4-5,7-9,11H,1H2,2-3H3/t7-,8+,9+/m0/s1. The third kappa shape index (κ3) is 0.952. The van der Waals surface area contributed by atoms with E-state index in [4.69, 9.17) is 4.74 Å². The molecule has 2 bridgehead atoms. The molecule has 3 atom stereocenters. The Bertz CT molecular complexity index is 247. The van der Waals surface area contributed by atoms with Gasteiger partial charge in [-0.05, 0) is 19.4 Å². The van der Waals surface area contributed by atoms with Gasteiger partial charge in [-0.3, -0.25) is 0 Å². The Morgan fingerprint density at radius 2 is 2.17 bits per heavy atom. The quantitative estimate of drug-likeness (QED) is 0.594. The fourth-order valence-electron chi connectivity index (χ4n) is 2.11. The van der Waals surface area contributed by atoms with E-state index >= 15 is 0 Å². The van der Waals surface area contributed by atoms with Gasteiger partial charge in [0.2, 0.25) is 0 Å². The molecular weight excluding hydrogens is 152 g/mol. The van der Waals surface area contributed by atoms with Crippen molar-refractivity contribution in [2.24, 2.45) is 5.92 Å². The molecule has 1 saturated heterocycles. The van der Waals surface area contributed by atoms with Gasteiger partial charge in [0.15, 0.2) is 0 Å². The summed E-state index contributed by atoms with van der Waals surface area (Å²) in [5.74, 6) is 0.0625. The van der Waals surface area contributed by atoms with Gasteiger partial charge in [-0.1, -0.05) is 18.7 Å². The van der Waals surface area contributed by atoms with Crippen LogP contribution in [0.4, 0.5) is 0 Å². The molecule has 2 heterocycles. The first-order chi connectivity index (χ1) is 5.50. The highest BCUT2D eigenvalue weighted by molar-refractivity contribution is 5.32. The minimum Gasteiger partial charge on any atom is -0.390 e. The molecule has 1 N–H and O–H groups in total. The van der Waals surface area contributed by atoms with Crippen molar-refractivity contribution in [3.8, 4) is 0 Å². The average Bonchev–Trinajstić information content (AvgIpc) is 2.42. The van der Waals surface area contributed by atoms with Crippen molar-refractivity contribution in [1.29, 1.82) is 0 Å². The summed E-state index contributed by atoms with van der Waals surface area (Å²) in [6, 6.07) is 0. The smallest absolute Gasteiger partial charge is 0.0978 e.